The molecule has 1 rings (SSSR count). The number of nitro benzene ring substituents is 1. The number of aliphatic carboxylic acids is 1. The van der Waals surface area contributed by atoms with Crippen LogP contribution in [0.2, 0.25) is 0 Å². The molecule has 0 spiro atoms. The van der Waals surface area contributed by atoms with E-state index in [4.69, 9.17) is 9.84 Å². The molecule has 19 heavy (non-hydrogen) atoms. The molecule has 0 aromatic heterocycles. The third-order valence-corrected chi connectivity index (χ3v) is 2.36. The summed E-state index contributed by atoms with van der Waals surface area (Å²) in [4.78, 5) is 32.5. The quantitative estimate of drug-likeness (QED) is 0.602. The Bertz CT molecular complexity index is 528. The molecule has 1 atom stereocenters. The maximum Gasteiger partial charge on any atom is 0.325 e. The molecule has 0 bridgehead atoms. The van der Waals surface area contributed by atoms with Crippen LogP contribution < -0.4 is 10.1 Å². The van der Waals surface area contributed by atoms with Gasteiger partial charge in [-0.3, -0.25) is 19.7 Å². The third kappa shape index (κ3) is 3.41. The topological polar surface area (TPSA) is 119 Å². The molecule has 0 aliphatic carbocycles. The van der Waals surface area contributed by atoms with Crippen molar-refractivity contribution >= 4 is 17.6 Å². The fourth-order valence-electron chi connectivity index (χ4n) is 1.32. The SMILES string of the molecule is COc1ccc([N+](=O)[O-])cc1C(=O)N[C@H](C)C(=O)O. The average molecular weight is 268 g/mol. The number of hydrogen-bond acceptors (Lipinski definition) is 5. The second-order valence-corrected chi connectivity index (χ2v) is 3.68. The summed E-state index contributed by atoms with van der Waals surface area (Å²) in [6.07, 6.45) is 0. The van der Waals surface area contributed by atoms with E-state index in [2.05, 4.69) is 5.32 Å². The lowest BCUT2D eigenvalue weighted by atomic mass is 10.1. The van der Waals surface area contributed by atoms with Gasteiger partial charge in [0.25, 0.3) is 11.6 Å². The Hall–Kier alpha value is -2.64. The smallest absolute Gasteiger partial charge is 0.325 e. The van der Waals surface area contributed by atoms with Crippen LogP contribution in [0.1, 0.15) is 17.3 Å². The van der Waals surface area contributed by atoms with Gasteiger partial charge in [0.1, 0.15) is 11.8 Å². The number of carbonyl (C=O) groups is 2. The van der Waals surface area contributed by atoms with Crippen LogP contribution in [-0.4, -0.2) is 35.1 Å². The van der Waals surface area contributed by atoms with E-state index in [1.165, 1.54) is 26.2 Å². The van der Waals surface area contributed by atoms with Crippen molar-refractivity contribution < 1.29 is 24.4 Å². The van der Waals surface area contributed by atoms with E-state index >= 15 is 0 Å². The summed E-state index contributed by atoms with van der Waals surface area (Å²) >= 11 is 0. The number of nitrogens with zero attached hydrogens (tertiary/aromatic N) is 1. The van der Waals surface area contributed by atoms with Gasteiger partial charge in [0.2, 0.25) is 0 Å². The molecule has 0 saturated heterocycles. The number of benzene rings is 1. The fraction of sp³-hybridized carbons (Fsp3) is 0.273. The summed E-state index contributed by atoms with van der Waals surface area (Å²) in [6, 6.07) is 2.38. The average Bonchev–Trinajstić information content (AvgIpc) is 2.37. The van der Waals surface area contributed by atoms with Crippen molar-refractivity contribution in [3.05, 3.63) is 33.9 Å². The minimum Gasteiger partial charge on any atom is -0.496 e. The Balaban J connectivity index is 3.09. The molecule has 102 valence electrons. The van der Waals surface area contributed by atoms with Gasteiger partial charge in [0.05, 0.1) is 17.6 Å². The summed E-state index contributed by atoms with van der Waals surface area (Å²) in [5.41, 5.74) is -0.376. The zero-order valence-electron chi connectivity index (χ0n) is 10.2. The number of ether oxygens (including phenoxy) is 1. The lowest BCUT2D eigenvalue weighted by Crippen LogP contribution is -2.38. The Morgan fingerprint density at radius 1 is 1.47 bits per heavy atom. The van der Waals surface area contributed by atoms with Crippen molar-refractivity contribution in [1.82, 2.24) is 5.32 Å². The molecule has 1 aromatic rings. The van der Waals surface area contributed by atoms with E-state index in [9.17, 15) is 19.7 Å². The third-order valence-electron chi connectivity index (χ3n) is 2.36. The van der Waals surface area contributed by atoms with Crippen molar-refractivity contribution in [2.45, 2.75) is 13.0 Å². The number of nitrogens with one attached hydrogen (secondary N) is 1. The molecule has 0 unspecified atom stereocenters. The number of rotatable bonds is 5. The predicted molar refractivity (Wildman–Crippen MR) is 64.2 cm³/mol. The van der Waals surface area contributed by atoms with E-state index < -0.39 is 22.8 Å². The molecule has 0 saturated carbocycles. The fourth-order valence-corrected chi connectivity index (χ4v) is 1.32. The lowest BCUT2D eigenvalue weighted by molar-refractivity contribution is -0.384. The molecular weight excluding hydrogens is 256 g/mol. The highest BCUT2D eigenvalue weighted by Gasteiger charge is 2.21. The maximum atomic E-state index is 11.8. The predicted octanol–water partition coefficient (Wildman–Crippen LogP) is 0.806. The Morgan fingerprint density at radius 2 is 2.11 bits per heavy atom. The van der Waals surface area contributed by atoms with Crippen molar-refractivity contribution in [1.29, 1.82) is 0 Å². The van der Waals surface area contributed by atoms with Crippen LogP contribution >= 0.6 is 0 Å². The molecule has 0 radical (unpaired) electrons. The van der Waals surface area contributed by atoms with Crippen LogP contribution in [0.3, 0.4) is 0 Å². The van der Waals surface area contributed by atoms with E-state index in [0.29, 0.717) is 0 Å². The first-order valence-electron chi connectivity index (χ1n) is 5.23. The second kappa shape index (κ2) is 5.80. The summed E-state index contributed by atoms with van der Waals surface area (Å²) < 4.78 is 4.91. The zero-order valence-corrected chi connectivity index (χ0v) is 10.2. The number of carboxylic acids is 1. The minimum atomic E-state index is -1.21. The molecule has 0 fully saturated rings. The molecular formula is C11H12N2O6. The molecule has 0 heterocycles. The lowest BCUT2D eigenvalue weighted by Gasteiger charge is -2.11. The standard InChI is InChI=1S/C11H12N2O6/c1-6(11(15)16)12-10(14)8-5-7(13(17)18)3-4-9(8)19-2/h3-6H,1-2H3,(H,12,14)(H,15,16)/t6-/m1/s1. The second-order valence-electron chi connectivity index (χ2n) is 3.68. The van der Waals surface area contributed by atoms with Gasteiger partial charge in [-0.2, -0.15) is 0 Å². The number of non-ortho nitro benzene ring substituents is 1. The first kappa shape index (κ1) is 14.4. The van der Waals surface area contributed by atoms with E-state index in [0.717, 1.165) is 6.07 Å². The summed E-state index contributed by atoms with van der Waals surface area (Å²) in [7, 11) is 1.30. The van der Waals surface area contributed by atoms with E-state index in [1.807, 2.05) is 0 Å². The molecule has 0 aliphatic heterocycles. The molecule has 8 nitrogen and oxygen atoms in total. The molecule has 1 aromatic carbocycles. The number of amides is 1. The van der Waals surface area contributed by atoms with Crippen molar-refractivity contribution in [3.63, 3.8) is 0 Å². The first-order valence-corrected chi connectivity index (χ1v) is 5.23. The number of carbonyl (C=O) groups excluding carboxylic acids is 1. The normalized spacial score (nSPS) is 11.5. The van der Waals surface area contributed by atoms with E-state index in [1.54, 1.807) is 0 Å². The van der Waals surface area contributed by atoms with Crippen LogP contribution in [0.25, 0.3) is 0 Å². The highest BCUT2D eigenvalue weighted by Crippen LogP contribution is 2.23. The molecule has 8 heteroatoms. The summed E-state index contributed by atoms with van der Waals surface area (Å²) in [6.45, 7) is 1.28. The molecule has 0 aliphatic rings. The van der Waals surface area contributed by atoms with Crippen LogP contribution in [0.5, 0.6) is 5.75 Å². The van der Waals surface area contributed by atoms with E-state index in [-0.39, 0.29) is 17.0 Å². The van der Waals surface area contributed by atoms with Crippen LogP contribution in [0.15, 0.2) is 18.2 Å². The molecule has 1 amide bonds. The minimum absolute atomic E-state index is 0.0928. The number of hydrogen-bond donors (Lipinski definition) is 2. The van der Waals surface area contributed by atoms with Crippen LogP contribution in [-0.2, 0) is 4.79 Å². The van der Waals surface area contributed by atoms with Gasteiger partial charge >= 0.3 is 5.97 Å². The van der Waals surface area contributed by atoms with Crippen molar-refractivity contribution in [2.75, 3.05) is 7.11 Å². The van der Waals surface area contributed by atoms with Gasteiger partial charge < -0.3 is 15.2 Å². The summed E-state index contributed by atoms with van der Waals surface area (Å²) in [5, 5.41) is 21.5. The highest BCUT2D eigenvalue weighted by molar-refractivity contribution is 5.99. The first-order chi connectivity index (χ1) is 8.86. The zero-order chi connectivity index (χ0) is 14.6. The largest absolute Gasteiger partial charge is 0.496 e. The van der Waals surface area contributed by atoms with Gasteiger partial charge in [-0.15, -0.1) is 0 Å². The maximum absolute atomic E-state index is 11.8. The monoisotopic (exact) mass is 268 g/mol. The van der Waals surface area contributed by atoms with Gasteiger partial charge in [0, 0.05) is 12.1 Å². The number of methoxy groups -OCH3 is 1. The summed E-state index contributed by atoms with van der Waals surface area (Å²) in [5.74, 6) is -1.84. The highest BCUT2D eigenvalue weighted by atomic mass is 16.6. The number of nitro groups is 1. The van der Waals surface area contributed by atoms with Gasteiger partial charge in [0.15, 0.2) is 0 Å². The van der Waals surface area contributed by atoms with Gasteiger partial charge in [-0.25, -0.2) is 0 Å². The van der Waals surface area contributed by atoms with Crippen molar-refractivity contribution in [2.24, 2.45) is 0 Å². The van der Waals surface area contributed by atoms with Crippen LogP contribution in [0, 0.1) is 10.1 Å². The Morgan fingerprint density at radius 3 is 2.58 bits per heavy atom. The Kier molecular flexibility index (Phi) is 4.41. The Labute approximate surface area is 108 Å². The van der Waals surface area contributed by atoms with Crippen molar-refractivity contribution in [3.8, 4) is 5.75 Å². The number of carboxylic acid groups (broad SMARTS) is 1. The molecule has 2 N–H and O–H groups in total. The van der Waals surface area contributed by atoms with Crippen LogP contribution in [0.4, 0.5) is 5.69 Å². The van der Waals surface area contributed by atoms with Gasteiger partial charge in [-0.1, -0.05) is 0 Å². The van der Waals surface area contributed by atoms with Gasteiger partial charge in [-0.05, 0) is 13.0 Å².